The first-order valence-corrected chi connectivity index (χ1v) is 16.5. The number of hydrogen-bond donors (Lipinski definition) is 4. The number of aromatic nitrogens is 4. The molecule has 4 N–H and O–H groups in total. The van der Waals surface area contributed by atoms with E-state index in [0.717, 1.165) is 6.42 Å². The summed E-state index contributed by atoms with van der Waals surface area (Å²) in [5.74, 6) is 0.811. The average Bonchev–Trinajstić information content (AvgIpc) is 3.53. The predicted molar refractivity (Wildman–Crippen MR) is 182 cm³/mol. The third-order valence-corrected chi connectivity index (χ3v) is 9.28. The van der Waals surface area contributed by atoms with E-state index in [2.05, 4.69) is 25.9 Å². The number of carbonyl (C=O) groups excluding carboxylic acids is 1. The molecule has 14 heteroatoms. The zero-order chi connectivity index (χ0) is 33.6. The number of nitrogens with zero attached hydrogens (tertiary/aromatic N) is 4. The molecule has 0 bridgehead atoms. The summed E-state index contributed by atoms with van der Waals surface area (Å²) in [5.41, 5.74) is 5.07. The molecule has 0 aliphatic carbocycles. The summed E-state index contributed by atoms with van der Waals surface area (Å²) in [6.45, 7) is 2.39. The topological polar surface area (TPSA) is 153 Å². The van der Waals surface area contributed by atoms with Gasteiger partial charge >= 0.3 is 0 Å². The van der Waals surface area contributed by atoms with Crippen molar-refractivity contribution in [1.29, 1.82) is 0 Å². The van der Waals surface area contributed by atoms with Crippen LogP contribution in [-0.4, -0.2) is 83.1 Å². The van der Waals surface area contributed by atoms with Gasteiger partial charge in [-0.1, -0.05) is 59.6 Å². The third kappa shape index (κ3) is 7.54. The van der Waals surface area contributed by atoms with Crippen LogP contribution in [-0.2, 0) is 22.6 Å². The average molecular weight is 695 g/mol. The highest BCUT2D eigenvalue weighted by atomic mass is 35.5. The molecule has 0 radical (unpaired) electrons. The van der Waals surface area contributed by atoms with Gasteiger partial charge < -0.3 is 35.3 Å². The minimum Gasteiger partial charge on any atom is -0.480 e. The molecule has 0 spiro atoms. The van der Waals surface area contributed by atoms with E-state index in [4.69, 9.17) is 47.4 Å². The molecule has 2 saturated heterocycles. The lowest BCUT2D eigenvalue weighted by Crippen LogP contribution is -2.46. The number of rotatable bonds is 12. The fraction of sp³-hybridized carbons (Fsp3) is 0.382. The number of aliphatic hydroxyl groups excluding tert-OH is 1. The summed E-state index contributed by atoms with van der Waals surface area (Å²) in [6.07, 6.45) is 4.77. The van der Waals surface area contributed by atoms with Crippen molar-refractivity contribution in [3.8, 4) is 45.4 Å². The minimum atomic E-state index is -0.488. The predicted octanol–water partition coefficient (Wildman–Crippen LogP) is 4.20. The highest BCUT2D eigenvalue weighted by molar-refractivity contribution is 6.39. The number of nitrogens with one attached hydrogen (secondary N) is 3. The smallest absolute Gasteiger partial charge is 0.237 e. The Labute approximate surface area is 288 Å². The molecular formula is C34H37Cl2N7O5. The van der Waals surface area contributed by atoms with Crippen LogP contribution in [0.3, 0.4) is 0 Å². The van der Waals surface area contributed by atoms with Crippen molar-refractivity contribution in [3.05, 3.63) is 70.2 Å². The molecule has 2 aliphatic rings. The Morgan fingerprint density at radius 1 is 0.896 bits per heavy atom. The number of hydrogen-bond acceptors (Lipinski definition) is 11. The van der Waals surface area contributed by atoms with Crippen LogP contribution in [0.4, 0.5) is 0 Å². The summed E-state index contributed by atoms with van der Waals surface area (Å²) in [4.78, 5) is 30.1. The molecule has 4 heterocycles. The number of methoxy groups -OCH3 is 2. The number of ether oxygens (including phenoxy) is 3. The van der Waals surface area contributed by atoms with Crippen molar-refractivity contribution in [3.63, 3.8) is 0 Å². The molecule has 2 aromatic heterocycles. The maximum Gasteiger partial charge on any atom is 0.237 e. The summed E-state index contributed by atoms with van der Waals surface area (Å²) < 4.78 is 16.6. The van der Waals surface area contributed by atoms with Crippen LogP contribution >= 0.6 is 23.2 Å². The van der Waals surface area contributed by atoms with E-state index >= 15 is 0 Å². The normalized spacial score (nSPS) is 19.3. The van der Waals surface area contributed by atoms with E-state index in [0.29, 0.717) is 113 Å². The lowest BCUT2D eigenvalue weighted by atomic mass is 9.98. The molecule has 252 valence electrons. The van der Waals surface area contributed by atoms with Gasteiger partial charge in [0.2, 0.25) is 17.7 Å². The molecule has 2 aliphatic heterocycles. The molecule has 0 saturated carbocycles. The minimum absolute atomic E-state index is 0.0792. The van der Waals surface area contributed by atoms with Crippen LogP contribution in [0.1, 0.15) is 30.7 Å². The highest BCUT2D eigenvalue weighted by Crippen LogP contribution is 2.42. The monoisotopic (exact) mass is 693 g/mol. The second-order valence-electron chi connectivity index (χ2n) is 11.6. The van der Waals surface area contributed by atoms with E-state index in [-0.39, 0.29) is 18.0 Å². The van der Waals surface area contributed by atoms with Crippen molar-refractivity contribution < 1.29 is 24.1 Å². The van der Waals surface area contributed by atoms with Gasteiger partial charge in [0.1, 0.15) is 11.4 Å². The molecule has 1 amide bonds. The van der Waals surface area contributed by atoms with E-state index in [1.54, 1.807) is 19.5 Å². The van der Waals surface area contributed by atoms with Crippen LogP contribution in [0, 0.1) is 0 Å². The maximum absolute atomic E-state index is 11.5. The van der Waals surface area contributed by atoms with Crippen molar-refractivity contribution in [2.75, 3.05) is 34.0 Å². The SMILES string of the molecule is COc1nc(-c2cccc(-c3cccc(-c4cnc(CN[C@H]5COCC[C@@H]5O)c(OC)n4)c3Cl)c2Cl)cnc1CNC[C@@H]1CCC(=O)N1. The molecule has 2 aromatic carbocycles. The standard InChI is InChI=1S/C34H37Cl2N7O5/c1-46-33-26(14-37-13-19-9-10-30(45)41-19)38-15-24(42-33)22-7-3-5-20(31(22)35)21-6-4-8-23(32(21)36)25-16-39-27(34(43-25)47-2)17-40-28-18-48-12-11-29(28)44/h3-8,15-16,19,28-29,37,40,44H,9-14,17-18H2,1-2H3,(H,41,45)/t19-,28-,29-/m0/s1. The Kier molecular flexibility index (Phi) is 11.0. The third-order valence-electron chi connectivity index (χ3n) is 8.47. The van der Waals surface area contributed by atoms with E-state index in [1.807, 2.05) is 36.4 Å². The van der Waals surface area contributed by atoms with Crippen molar-refractivity contribution in [1.82, 2.24) is 35.9 Å². The second kappa shape index (κ2) is 15.5. The Hall–Kier alpha value is -3.91. The van der Waals surface area contributed by atoms with Crippen LogP contribution in [0.2, 0.25) is 10.0 Å². The van der Waals surface area contributed by atoms with Gasteiger partial charge in [-0.25, -0.2) is 9.97 Å². The van der Waals surface area contributed by atoms with Crippen LogP contribution in [0.15, 0.2) is 48.8 Å². The first-order valence-electron chi connectivity index (χ1n) is 15.7. The molecule has 2 fully saturated rings. The van der Waals surface area contributed by atoms with Crippen LogP contribution < -0.4 is 25.4 Å². The van der Waals surface area contributed by atoms with Crippen molar-refractivity contribution in [2.24, 2.45) is 0 Å². The zero-order valence-electron chi connectivity index (χ0n) is 26.6. The highest BCUT2D eigenvalue weighted by Gasteiger charge is 2.25. The number of benzene rings is 2. The quantitative estimate of drug-likeness (QED) is 0.169. The molecule has 12 nitrogen and oxygen atoms in total. The van der Waals surface area contributed by atoms with Gasteiger partial charge in [-0.2, -0.15) is 0 Å². The Morgan fingerprint density at radius 3 is 2.02 bits per heavy atom. The zero-order valence-corrected chi connectivity index (χ0v) is 28.1. The summed E-state index contributed by atoms with van der Waals surface area (Å²) >= 11 is 14.1. The van der Waals surface area contributed by atoms with Gasteiger partial charge in [-0.3, -0.25) is 14.8 Å². The summed E-state index contributed by atoms with van der Waals surface area (Å²) in [6, 6.07) is 11.2. The summed E-state index contributed by atoms with van der Waals surface area (Å²) in [5, 5.41) is 20.7. The van der Waals surface area contributed by atoms with Gasteiger partial charge in [0.25, 0.3) is 0 Å². The van der Waals surface area contributed by atoms with Crippen LogP contribution in [0.25, 0.3) is 33.6 Å². The first kappa shape index (κ1) is 34.0. The fourth-order valence-corrected chi connectivity index (χ4v) is 6.49. The Balaban J connectivity index is 1.22. The van der Waals surface area contributed by atoms with Crippen molar-refractivity contribution >= 4 is 29.1 Å². The van der Waals surface area contributed by atoms with Crippen molar-refractivity contribution in [2.45, 2.75) is 50.5 Å². The molecular weight excluding hydrogens is 657 g/mol. The molecule has 3 atom stereocenters. The van der Waals surface area contributed by atoms with Gasteiger partial charge in [0.15, 0.2) is 0 Å². The molecule has 6 rings (SSSR count). The maximum atomic E-state index is 11.5. The fourth-order valence-electron chi connectivity index (χ4n) is 5.84. The number of aliphatic hydroxyl groups is 1. The van der Waals surface area contributed by atoms with E-state index in [9.17, 15) is 9.90 Å². The van der Waals surface area contributed by atoms with E-state index in [1.165, 1.54) is 7.11 Å². The number of halogens is 2. The Morgan fingerprint density at radius 2 is 1.48 bits per heavy atom. The van der Waals surface area contributed by atoms with Gasteiger partial charge in [-0.05, 0) is 12.8 Å². The largest absolute Gasteiger partial charge is 0.480 e. The van der Waals surface area contributed by atoms with E-state index < -0.39 is 6.10 Å². The van der Waals surface area contributed by atoms with Crippen LogP contribution in [0.5, 0.6) is 11.8 Å². The Bertz CT molecular complexity index is 1780. The number of carbonyl (C=O) groups is 1. The van der Waals surface area contributed by atoms with Gasteiger partial charge in [-0.15, -0.1) is 0 Å². The molecule has 0 unspecified atom stereocenters. The second-order valence-corrected chi connectivity index (χ2v) is 12.4. The number of amides is 1. The molecule has 48 heavy (non-hydrogen) atoms. The van der Waals surface area contributed by atoms with Gasteiger partial charge in [0, 0.05) is 61.0 Å². The molecule has 4 aromatic rings. The lowest BCUT2D eigenvalue weighted by Gasteiger charge is -2.28. The van der Waals surface area contributed by atoms with Gasteiger partial charge in [0.05, 0.1) is 66.8 Å². The summed E-state index contributed by atoms with van der Waals surface area (Å²) in [7, 11) is 3.09. The lowest BCUT2D eigenvalue weighted by molar-refractivity contribution is -0.119. The first-order chi connectivity index (χ1) is 23.4.